The SMILES string of the molecule is NC(CC1CCCC1)c1ccc(OC2CC2)cc1. The molecular weight excluding hydrogens is 222 g/mol. The van der Waals surface area contributed by atoms with Gasteiger partial charge >= 0.3 is 0 Å². The summed E-state index contributed by atoms with van der Waals surface area (Å²) in [7, 11) is 0. The van der Waals surface area contributed by atoms with Gasteiger partial charge in [0.15, 0.2) is 0 Å². The molecule has 2 N–H and O–H groups in total. The lowest BCUT2D eigenvalue weighted by Crippen LogP contribution is -2.14. The van der Waals surface area contributed by atoms with Crippen molar-refractivity contribution >= 4 is 0 Å². The summed E-state index contributed by atoms with van der Waals surface area (Å²) in [5.41, 5.74) is 7.55. The molecule has 2 saturated carbocycles. The zero-order valence-corrected chi connectivity index (χ0v) is 11.0. The molecule has 0 aliphatic heterocycles. The maximum absolute atomic E-state index is 6.30. The van der Waals surface area contributed by atoms with E-state index in [2.05, 4.69) is 24.3 Å². The van der Waals surface area contributed by atoms with Gasteiger partial charge in [0.05, 0.1) is 6.10 Å². The molecule has 2 heteroatoms. The van der Waals surface area contributed by atoms with Crippen molar-refractivity contribution in [3.05, 3.63) is 29.8 Å². The van der Waals surface area contributed by atoms with Crippen molar-refractivity contribution in [2.75, 3.05) is 0 Å². The van der Waals surface area contributed by atoms with Crippen LogP contribution in [0, 0.1) is 5.92 Å². The van der Waals surface area contributed by atoms with E-state index in [-0.39, 0.29) is 6.04 Å². The van der Waals surface area contributed by atoms with E-state index in [1.165, 1.54) is 44.1 Å². The fourth-order valence-corrected chi connectivity index (χ4v) is 2.91. The second-order valence-electron chi connectivity index (χ2n) is 5.88. The minimum absolute atomic E-state index is 0.197. The predicted octanol–water partition coefficient (Wildman–Crippen LogP) is 3.81. The molecule has 1 atom stereocenters. The molecule has 1 aromatic rings. The van der Waals surface area contributed by atoms with Crippen molar-refractivity contribution in [2.45, 2.75) is 57.1 Å². The number of benzene rings is 1. The van der Waals surface area contributed by atoms with Gasteiger partial charge in [0.2, 0.25) is 0 Å². The Bertz CT molecular complexity index is 377. The predicted molar refractivity (Wildman–Crippen MR) is 73.6 cm³/mol. The molecule has 98 valence electrons. The van der Waals surface area contributed by atoms with Crippen LogP contribution >= 0.6 is 0 Å². The van der Waals surface area contributed by atoms with Crippen LogP contribution in [0.25, 0.3) is 0 Å². The Morgan fingerprint density at radius 1 is 1.06 bits per heavy atom. The molecule has 3 rings (SSSR count). The van der Waals surface area contributed by atoms with Crippen molar-refractivity contribution in [3.63, 3.8) is 0 Å². The maximum atomic E-state index is 6.30. The van der Waals surface area contributed by atoms with E-state index in [1.807, 2.05) is 0 Å². The van der Waals surface area contributed by atoms with E-state index in [0.29, 0.717) is 6.10 Å². The molecule has 0 spiro atoms. The summed E-state index contributed by atoms with van der Waals surface area (Å²) in [6.45, 7) is 0. The van der Waals surface area contributed by atoms with Crippen LogP contribution in [-0.4, -0.2) is 6.10 Å². The number of hydrogen-bond acceptors (Lipinski definition) is 2. The normalized spacial score (nSPS) is 22.1. The average molecular weight is 245 g/mol. The minimum Gasteiger partial charge on any atom is -0.490 e. The minimum atomic E-state index is 0.197. The highest BCUT2D eigenvalue weighted by molar-refractivity contribution is 5.29. The van der Waals surface area contributed by atoms with Crippen LogP contribution in [0.5, 0.6) is 5.75 Å². The molecule has 0 aromatic heterocycles. The fourth-order valence-electron chi connectivity index (χ4n) is 2.91. The number of nitrogens with two attached hydrogens (primary N) is 1. The van der Waals surface area contributed by atoms with Gasteiger partial charge in [-0.15, -0.1) is 0 Å². The highest BCUT2D eigenvalue weighted by Crippen LogP contribution is 2.33. The van der Waals surface area contributed by atoms with Crippen molar-refractivity contribution in [1.82, 2.24) is 0 Å². The van der Waals surface area contributed by atoms with E-state index in [4.69, 9.17) is 10.5 Å². The molecule has 1 aromatic carbocycles. The molecule has 2 fully saturated rings. The number of rotatable bonds is 5. The largest absolute Gasteiger partial charge is 0.490 e. The lowest BCUT2D eigenvalue weighted by atomic mass is 9.94. The molecule has 18 heavy (non-hydrogen) atoms. The molecule has 2 nitrogen and oxygen atoms in total. The average Bonchev–Trinajstić information content (AvgIpc) is 3.04. The van der Waals surface area contributed by atoms with Gasteiger partial charge in [0.1, 0.15) is 5.75 Å². The number of ether oxygens (including phenoxy) is 1. The summed E-state index contributed by atoms with van der Waals surface area (Å²) in [4.78, 5) is 0. The first-order valence-electron chi connectivity index (χ1n) is 7.33. The van der Waals surface area contributed by atoms with Crippen molar-refractivity contribution in [1.29, 1.82) is 0 Å². The maximum Gasteiger partial charge on any atom is 0.119 e. The quantitative estimate of drug-likeness (QED) is 0.856. The van der Waals surface area contributed by atoms with Crippen LogP contribution in [0.3, 0.4) is 0 Å². The lowest BCUT2D eigenvalue weighted by Gasteiger charge is -2.17. The Kier molecular flexibility index (Phi) is 3.55. The van der Waals surface area contributed by atoms with Gasteiger partial charge in [0.25, 0.3) is 0 Å². The van der Waals surface area contributed by atoms with Crippen LogP contribution in [0.2, 0.25) is 0 Å². The van der Waals surface area contributed by atoms with Gasteiger partial charge in [-0.1, -0.05) is 37.8 Å². The van der Waals surface area contributed by atoms with Crippen molar-refractivity contribution in [2.24, 2.45) is 11.7 Å². The monoisotopic (exact) mass is 245 g/mol. The first-order chi connectivity index (χ1) is 8.81. The number of hydrogen-bond donors (Lipinski definition) is 1. The summed E-state index contributed by atoms with van der Waals surface area (Å²) in [5, 5.41) is 0. The first kappa shape index (κ1) is 12.0. The Morgan fingerprint density at radius 2 is 1.72 bits per heavy atom. The molecule has 2 aliphatic rings. The molecule has 0 saturated heterocycles. The topological polar surface area (TPSA) is 35.2 Å². The van der Waals surface area contributed by atoms with Crippen molar-refractivity contribution in [3.8, 4) is 5.75 Å². The summed E-state index contributed by atoms with van der Waals surface area (Å²) in [5.74, 6) is 1.84. The van der Waals surface area contributed by atoms with Crippen molar-refractivity contribution < 1.29 is 4.74 Å². The first-order valence-corrected chi connectivity index (χ1v) is 7.33. The third kappa shape index (κ3) is 3.05. The van der Waals surface area contributed by atoms with Crippen LogP contribution in [0.1, 0.15) is 56.6 Å². The summed E-state index contributed by atoms with van der Waals surface area (Å²) in [6.07, 6.45) is 9.57. The second kappa shape index (κ2) is 5.31. The van der Waals surface area contributed by atoms with Gasteiger partial charge in [-0.3, -0.25) is 0 Å². The van der Waals surface area contributed by atoms with Crippen LogP contribution in [0.15, 0.2) is 24.3 Å². The standard InChI is InChI=1S/C16H23NO/c17-16(11-12-3-1-2-4-12)13-5-7-14(8-6-13)18-15-9-10-15/h5-8,12,15-16H,1-4,9-11,17H2. The van der Waals surface area contributed by atoms with E-state index in [1.54, 1.807) is 0 Å². The van der Waals surface area contributed by atoms with Crippen LogP contribution in [0.4, 0.5) is 0 Å². The van der Waals surface area contributed by atoms with Gasteiger partial charge in [0, 0.05) is 6.04 Å². The Labute approximate surface area is 110 Å². The van der Waals surface area contributed by atoms with E-state index in [0.717, 1.165) is 18.1 Å². The fraction of sp³-hybridized carbons (Fsp3) is 0.625. The summed E-state index contributed by atoms with van der Waals surface area (Å²) in [6, 6.07) is 8.61. The zero-order chi connectivity index (χ0) is 12.4. The second-order valence-corrected chi connectivity index (χ2v) is 5.88. The Hall–Kier alpha value is -1.02. The van der Waals surface area contributed by atoms with Gasteiger partial charge in [-0.2, -0.15) is 0 Å². The lowest BCUT2D eigenvalue weighted by molar-refractivity contribution is 0.303. The highest BCUT2D eigenvalue weighted by Gasteiger charge is 2.23. The summed E-state index contributed by atoms with van der Waals surface area (Å²) >= 11 is 0. The van der Waals surface area contributed by atoms with Crippen LogP contribution in [-0.2, 0) is 0 Å². The molecular formula is C16H23NO. The molecule has 0 radical (unpaired) electrons. The Morgan fingerprint density at radius 3 is 2.33 bits per heavy atom. The highest BCUT2D eigenvalue weighted by atomic mass is 16.5. The molecule has 0 amide bonds. The van der Waals surface area contributed by atoms with E-state index >= 15 is 0 Å². The van der Waals surface area contributed by atoms with E-state index in [9.17, 15) is 0 Å². The third-order valence-electron chi connectivity index (χ3n) is 4.20. The van der Waals surface area contributed by atoms with E-state index < -0.39 is 0 Å². The summed E-state index contributed by atoms with van der Waals surface area (Å²) < 4.78 is 5.75. The van der Waals surface area contributed by atoms with Crippen LogP contribution < -0.4 is 10.5 Å². The van der Waals surface area contributed by atoms with Gasteiger partial charge in [-0.05, 0) is 42.9 Å². The molecule has 0 bridgehead atoms. The third-order valence-corrected chi connectivity index (χ3v) is 4.20. The molecule has 0 heterocycles. The zero-order valence-electron chi connectivity index (χ0n) is 11.0. The van der Waals surface area contributed by atoms with Gasteiger partial charge in [-0.25, -0.2) is 0 Å². The Balaban J connectivity index is 1.56. The smallest absolute Gasteiger partial charge is 0.119 e. The van der Waals surface area contributed by atoms with Gasteiger partial charge < -0.3 is 10.5 Å². The molecule has 2 aliphatic carbocycles. The molecule has 1 unspecified atom stereocenters.